The molecule has 0 atom stereocenters. The van der Waals surface area contributed by atoms with E-state index in [-0.39, 0.29) is 0 Å². The average Bonchev–Trinajstić information content (AvgIpc) is 2.97. The summed E-state index contributed by atoms with van der Waals surface area (Å²) in [5, 5.41) is 13.1. The van der Waals surface area contributed by atoms with Crippen molar-refractivity contribution in [2.24, 2.45) is 0 Å². The molecule has 0 amide bonds. The van der Waals surface area contributed by atoms with E-state index >= 15 is 0 Å². The highest BCUT2D eigenvalue weighted by atomic mass is 16.5. The van der Waals surface area contributed by atoms with Crippen LogP contribution in [-0.4, -0.2) is 15.1 Å². The first-order valence-corrected chi connectivity index (χ1v) is 7.57. The Kier molecular flexibility index (Phi) is 4.25. The van der Waals surface area contributed by atoms with Gasteiger partial charge in [0.2, 0.25) is 0 Å². The van der Waals surface area contributed by atoms with Gasteiger partial charge in [0.25, 0.3) is 5.89 Å². The Morgan fingerprint density at radius 3 is 2.67 bits per heavy atom. The predicted molar refractivity (Wildman–Crippen MR) is 77.3 cm³/mol. The van der Waals surface area contributed by atoms with Crippen LogP contribution >= 0.6 is 0 Å². The van der Waals surface area contributed by atoms with Crippen LogP contribution in [0.4, 0.5) is 0 Å². The van der Waals surface area contributed by atoms with Gasteiger partial charge < -0.3 is 4.52 Å². The molecular formula is C16H18N4O. The van der Waals surface area contributed by atoms with Crippen LogP contribution in [0.3, 0.4) is 0 Å². The number of hydrogen-bond acceptors (Lipinski definition) is 5. The molecule has 108 valence electrons. The molecule has 5 heteroatoms. The lowest BCUT2D eigenvalue weighted by atomic mass is 9.91. The van der Waals surface area contributed by atoms with Crippen molar-refractivity contribution in [2.75, 3.05) is 0 Å². The molecular weight excluding hydrogens is 264 g/mol. The fraction of sp³-hybridized carbons (Fsp3) is 0.500. The van der Waals surface area contributed by atoms with Crippen LogP contribution in [0.15, 0.2) is 22.9 Å². The largest absolute Gasteiger partial charge is 0.334 e. The molecule has 0 aliphatic heterocycles. The second-order valence-electron chi connectivity index (χ2n) is 5.54. The quantitative estimate of drug-likeness (QED) is 0.836. The fourth-order valence-electron chi connectivity index (χ4n) is 2.86. The van der Waals surface area contributed by atoms with Gasteiger partial charge in [-0.1, -0.05) is 37.3 Å². The maximum absolute atomic E-state index is 8.90. The second-order valence-corrected chi connectivity index (χ2v) is 5.54. The molecule has 1 aliphatic carbocycles. The van der Waals surface area contributed by atoms with E-state index in [2.05, 4.69) is 15.1 Å². The smallest absolute Gasteiger partial charge is 0.258 e. The van der Waals surface area contributed by atoms with Crippen LogP contribution in [-0.2, 0) is 0 Å². The van der Waals surface area contributed by atoms with Gasteiger partial charge in [0.1, 0.15) is 11.8 Å². The van der Waals surface area contributed by atoms with Crippen LogP contribution in [0.25, 0.3) is 11.5 Å². The molecule has 1 fully saturated rings. The number of nitrogens with zero attached hydrogens (tertiary/aromatic N) is 4. The minimum Gasteiger partial charge on any atom is -0.334 e. The SMILES string of the molecule is N#Cc1cc(-c2nc(C3CCCCCCC3)no2)ccn1. The highest BCUT2D eigenvalue weighted by molar-refractivity contribution is 5.54. The number of pyridine rings is 1. The van der Waals surface area contributed by atoms with Gasteiger partial charge in [0, 0.05) is 17.7 Å². The molecule has 0 radical (unpaired) electrons. The molecule has 3 rings (SSSR count). The van der Waals surface area contributed by atoms with Crippen molar-refractivity contribution in [1.82, 2.24) is 15.1 Å². The summed E-state index contributed by atoms with van der Waals surface area (Å²) in [5.41, 5.74) is 1.12. The molecule has 0 N–H and O–H groups in total. The number of rotatable bonds is 2. The van der Waals surface area contributed by atoms with Gasteiger partial charge in [0.05, 0.1) is 0 Å². The Morgan fingerprint density at radius 2 is 1.90 bits per heavy atom. The zero-order valence-electron chi connectivity index (χ0n) is 12.0. The third kappa shape index (κ3) is 3.27. The number of hydrogen-bond donors (Lipinski definition) is 0. The highest BCUT2D eigenvalue weighted by Gasteiger charge is 2.20. The number of nitriles is 1. The minimum absolute atomic E-state index is 0.359. The molecule has 0 spiro atoms. The monoisotopic (exact) mass is 282 g/mol. The van der Waals surface area contributed by atoms with Gasteiger partial charge in [-0.15, -0.1) is 0 Å². The molecule has 1 aliphatic rings. The predicted octanol–water partition coefficient (Wildman–Crippen LogP) is 3.83. The molecule has 5 nitrogen and oxygen atoms in total. The third-order valence-electron chi connectivity index (χ3n) is 4.03. The van der Waals surface area contributed by atoms with Gasteiger partial charge in [-0.2, -0.15) is 10.2 Å². The topological polar surface area (TPSA) is 75.6 Å². The van der Waals surface area contributed by atoms with Crippen molar-refractivity contribution in [3.05, 3.63) is 29.8 Å². The molecule has 0 unspecified atom stereocenters. The van der Waals surface area contributed by atoms with E-state index in [4.69, 9.17) is 9.78 Å². The van der Waals surface area contributed by atoms with Crippen LogP contribution in [0.5, 0.6) is 0 Å². The normalized spacial score (nSPS) is 16.9. The van der Waals surface area contributed by atoms with Crippen LogP contribution in [0.2, 0.25) is 0 Å². The third-order valence-corrected chi connectivity index (χ3v) is 4.03. The summed E-state index contributed by atoms with van der Waals surface area (Å²) in [4.78, 5) is 8.49. The van der Waals surface area contributed by atoms with Gasteiger partial charge in [-0.25, -0.2) is 4.98 Å². The standard InChI is InChI=1S/C16H18N4O/c17-11-14-10-13(8-9-18-14)16-19-15(20-21-16)12-6-4-2-1-3-5-7-12/h8-10,12H,1-7H2. The zero-order chi connectivity index (χ0) is 14.5. The first kappa shape index (κ1) is 13.7. The molecule has 2 heterocycles. The van der Waals surface area contributed by atoms with E-state index in [9.17, 15) is 0 Å². The summed E-state index contributed by atoms with van der Waals surface area (Å²) < 4.78 is 5.38. The molecule has 1 saturated carbocycles. The summed E-state index contributed by atoms with van der Waals surface area (Å²) in [6.45, 7) is 0. The van der Waals surface area contributed by atoms with Crippen molar-refractivity contribution in [2.45, 2.75) is 50.9 Å². The van der Waals surface area contributed by atoms with Gasteiger partial charge >= 0.3 is 0 Å². The van der Waals surface area contributed by atoms with E-state index in [0.29, 0.717) is 17.5 Å². The summed E-state index contributed by atoms with van der Waals surface area (Å²) >= 11 is 0. The highest BCUT2D eigenvalue weighted by Crippen LogP contribution is 2.30. The lowest BCUT2D eigenvalue weighted by molar-refractivity contribution is 0.393. The van der Waals surface area contributed by atoms with Crippen LogP contribution in [0, 0.1) is 11.3 Å². The van der Waals surface area contributed by atoms with E-state index < -0.39 is 0 Å². The van der Waals surface area contributed by atoms with Gasteiger partial charge in [-0.3, -0.25) is 0 Å². The Bertz CT molecular complexity index is 636. The van der Waals surface area contributed by atoms with Gasteiger partial charge in [0.15, 0.2) is 5.82 Å². The maximum Gasteiger partial charge on any atom is 0.258 e. The number of aromatic nitrogens is 3. The molecule has 0 aromatic carbocycles. The van der Waals surface area contributed by atoms with Crippen molar-refractivity contribution in [3.8, 4) is 17.5 Å². The maximum atomic E-state index is 8.90. The van der Waals surface area contributed by atoms with Crippen LogP contribution < -0.4 is 0 Å². The lowest BCUT2D eigenvalue weighted by Crippen LogP contribution is -2.04. The zero-order valence-corrected chi connectivity index (χ0v) is 12.0. The van der Waals surface area contributed by atoms with E-state index in [1.165, 1.54) is 32.1 Å². The van der Waals surface area contributed by atoms with Gasteiger partial charge in [-0.05, 0) is 25.0 Å². The summed E-state index contributed by atoms with van der Waals surface area (Å²) in [6, 6.07) is 5.49. The molecule has 21 heavy (non-hydrogen) atoms. The minimum atomic E-state index is 0.359. The van der Waals surface area contributed by atoms with E-state index in [1.807, 2.05) is 6.07 Å². The Hall–Kier alpha value is -2.22. The molecule has 2 aromatic rings. The summed E-state index contributed by atoms with van der Waals surface area (Å²) in [5.74, 6) is 1.69. The first-order chi connectivity index (χ1) is 10.4. The Balaban J connectivity index is 1.80. The first-order valence-electron chi connectivity index (χ1n) is 7.57. The summed E-state index contributed by atoms with van der Waals surface area (Å²) in [7, 11) is 0. The average molecular weight is 282 g/mol. The second kappa shape index (κ2) is 6.49. The van der Waals surface area contributed by atoms with Crippen molar-refractivity contribution in [1.29, 1.82) is 5.26 Å². The Morgan fingerprint density at radius 1 is 1.14 bits per heavy atom. The van der Waals surface area contributed by atoms with Crippen LogP contribution in [0.1, 0.15) is 62.4 Å². The summed E-state index contributed by atoms with van der Waals surface area (Å²) in [6.07, 6.45) is 10.3. The molecule has 2 aromatic heterocycles. The van der Waals surface area contributed by atoms with Crippen molar-refractivity contribution in [3.63, 3.8) is 0 Å². The Labute approximate surface area is 124 Å². The van der Waals surface area contributed by atoms with E-state index in [0.717, 1.165) is 24.2 Å². The lowest BCUT2D eigenvalue weighted by Gasteiger charge is -2.15. The molecule has 0 saturated heterocycles. The molecule has 0 bridgehead atoms. The fourth-order valence-corrected chi connectivity index (χ4v) is 2.86. The van der Waals surface area contributed by atoms with Crippen molar-refractivity contribution >= 4 is 0 Å². The van der Waals surface area contributed by atoms with E-state index in [1.54, 1.807) is 18.3 Å². The van der Waals surface area contributed by atoms with Crippen molar-refractivity contribution < 1.29 is 4.52 Å².